The number of aliphatic hydroxyl groups excluding tert-OH is 1. The van der Waals surface area contributed by atoms with E-state index in [1.54, 1.807) is 6.07 Å². The molecule has 1 fully saturated rings. The lowest BCUT2D eigenvalue weighted by atomic mass is 9.86. The topological polar surface area (TPSA) is 66.4 Å². The molecule has 1 aliphatic rings. The van der Waals surface area contributed by atoms with Crippen LogP contribution < -0.4 is 4.72 Å². The second-order valence-electron chi connectivity index (χ2n) is 5.16. The van der Waals surface area contributed by atoms with Gasteiger partial charge < -0.3 is 5.11 Å². The third-order valence-electron chi connectivity index (χ3n) is 3.82. The van der Waals surface area contributed by atoms with E-state index in [0.717, 1.165) is 17.5 Å². The van der Waals surface area contributed by atoms with E-state index in [0.29, 0.717) is 22.7 Å². The molecule has 0 aliphatic heterocycles. The molecular weight excluding hydrogens is 294 g/mol. The van der Waals surface area contributed by atoms with Gasteiger partial charge in [0.1, 0.15) is 4.90 Å². The van der Waals surface area contributed by atoms with E-state index in [-0.39, 0.29) is 11.5 Å². The average molecular weight is 311 g/mol. The molecule has 0 unspecified atom stereocenters. The fourth-order valence-electron chi connectivity index (χ4n) is 2.47. The molecule has 3 rings (SSSR count). The summed E-state index contributed by atoms with van der Waals surface area (Å²) in [5, 5.41) is 10.1. The van der Waals surface area contributed by atoms with Crippen LogP contribution in [0.15, 0.2) is 29.2 Å². The minimum atomic E-state index is -3.56. The van der Waals surface area contributed by atoms with Gasteiger partial charge in [-0.25, -0.2) is 13.1 Å². The Bertz CT molecular complexity index is 717. The summed E-state index contributed by atoms with van der Waals surface area (Å²) >= 11 is 1.34. The molecule has 108 valence electrons. The minimum Gasteiger partial charge on any atom is -0.391 e. The van der Waals surface area contributed by atoms with Crippen molar-refractivity contribution in [1.82, 2.24) is 4.72 Å². The maximum absolute atomic E-state index is 12.5. The predicted molar refractivity (Wildman–Crippen MR) is 80.3 cm³/mol. The van der Waals surface area contributed by atoms with Crippen LogP contribution in [0.5, 0.6) is 0 Å². The molecule has 2 aromatic rings. The van der Waals surface area contributed by atoms with Crippen molar-refractivity contribution in [3.05, 3.63) is 29.1 Å². The molecule has 0 atom stereocenters. The van der Waals surface area contributed by atoms with Crippen LogP contribution in [-0.4, -0.2) is 20.1 Å². The molecule has 0 amide bonds. The Kier molecular flexibility index (Phi) is 3.81. The van der Waals surface area contributed by atoms with Crippen molar-refractivity contribution in [1.29, 1.82) is 0 Å². The van der Waals surface area contributed by atoms with Crippen LogP contribution >= 0.6 is 11.3 Å². The van der Waals surface area contributed by atoms with Crippen LogP contribution in [0.2, 0.25) is 0 Å². The Hall–Kier alpha value is -0.950. The first-order valence-corrected chi connectivity index (χ1v) is 9.02. The van der Waals surface area contributed by atoms with Crippen LogP contribution in [0.4, 0.5) is 0 Å². The van der Waals surface area contributed by atoms with Gasteiger partial charge in [-0.15, -0.1) is 11.3 Å². The lowest BCUT2D eigenvalue weighted by molar-refractivity contribution is 0.282. The molecular formula is C14H17NO3S2. The summed E-state index contributed by atoms with van der Waals surface area (Å²) in [4.78, 5) is 0.757. The van der Waals surface area contributed by atoms with Gasteiger partial charge in [-0.1, -0.05) is 24.6 Å². The highest BCUT2D eigenvalue weighted by Gasteiger charge is 2.26. The number of rotatable bonds is 5. The van der Waals surface area contributed by atoms with E-state index in [9.17, 15) is 13.5 Å². The number of benzene rings is 1. The zero-order valence-corrected chi connectivity index (χ0v) is 12.6. The Morgan fingerprint density at radius 3 is 2.70 bits per heavy atom. The monoisotopic (exact) mass is 311 g/mol. The number of fused-ring (bicyclic) bond motifs is 1. The molecule has 1 heterocycles. The summed E-state index contributed by atoms with van der Waals surface area (Å²) in [6.45, 7) is 0.246. The van der Waals surface area contributed by atoms with Crippen molar-refractivity contribution >= 4 is 31.4 Å². The molecule has 1 aromatic carbocycles. The third kappa shape index (κ3) is 2.48. The van der Waals surface area contributed by atoms with Gasteiger partial charge in [0.2, 0.25) is 10.0 Å². The zero-order valence-electron chi connectivity index (χ0n) is 11.0. The van der Waals surface area contributed by atoms with Crippen molar-refractivity contribution < 1.29 is 13.5 Å². The van der Waals surface area contributed by atoms with Gasteiger partial charge in [-0.05, 0) is 24.8 Å². The van der Waals surface area contributed by atoms with E-state index in [2.05, 4.69) is 4.72 Å². The van der Waals surface area contributed by atoms with Crippen molar-refractivity contribution in [2.45, 2.75) is 30.8 Å². The van der Waals surface area contributed by atoms with Crippen LogP contribution in [0, 0.1) is 5.92 Å². The Morgan fingerprint density at radius 2 is 2.05 bits per heavy atom. The van der Waals surface area contributed by atoms with Gasteiger partial charge in [-0.3, -0.25) is 0 Å². The number of hydrogen-bond acceptors (Lipinski definition) is 4. The van der Waals surface area contributed by atoms with Crippen molar-refractivity contribution in [3.63, 3.8) is 0 Å². The van der Waals surface area contributed by atoms with Crippen LogP contribution in [0.3, 0.4) is 0 Å². The zero-order chi connectivity index (χ0) is 14.2. The van der Waals surface area contributed by atoms with Gasteiger partial charge in [0.05, 0.1) is 11.5 Å². The molecule has 0 bridgehead atoms. The highest BCUT2D eigenvalue weighted by molar-refractivity contribution is 7.90. The first-order valence-electron chi connectivity index (χ1n) is 6.73. The van der Waals surface area contributed by atoms with E-state index in [1.165, 1.54) is 17.8 Å². The van der Waals surface area contributed by atoms with Gasteiger partial charge in [0.25, 0.3) is 0 Å². The highest BCUT2D eigenvalue weighted by atomic mass is 32.2. The first kappa shape index (κ1) is 14.0. The largest absolute Gasteiger partial charge is 0.391 e. The van der Waals surface area contributed by atoms with E-state index >= 15 is 0 Å². The quantitative estimate of drug-likeness (QED) is 0.891. The van der Waals surface area contributed by atoms with Gasteiger partial charge in [-0.2, -0.15) is 0 Å². The summed E-state index contributed by atoms with van der Waals surface area (Å²) < 4.78 is 28.6. The highest BCUT2D eigenvalue weighted by Crippen LogP contribution is 2.35. The predicted octanol–water partition coefficient (Wildman–Crippen LogP) is 2.47. The summed E-state index contributed by atoms with van der Waals surface area (Å²) in [5.41, 5.74) is 0. The first-order chi connectivity index (χ1) is 9.62. The smallest absolute Gasteiger partial charge is 0.242 e. The van der Waals surface area contributed by atoms with Gasteiger partial charge >= 0.3 is 0 Å². The Balaban J connectivity index is 1.98. The summed E-state index contributed by atoms with van der Waals surface area (Å²) in [7, 11) is -3.56. The molecule has 0 radical (unpaired) electrons. The maximum Gasteiger partial charge on any atom is 0.242 e. The van der Waals surface area contributed by atoms with Crippen molar-refractivity contribution in [2.24, 2.45) is 5.92 Å². The maximum atomic E-state index is 12.5. The molecule has 1 aliphatic carbocycles. The fourth-order valence-corrected chi connectivity index (χ4v) is 5.38. The summed E-state index contributed by atoms with van der Waals surface area (Å²) in [5.74, 6) is 0.465. The van der Waals surface area contributed by atoms with E-state index in [1.807, 2.05) is 18.2 Å². The molecule has 20 heavy (non-hydrogen) atoms. The fraction of sp³-hybridized carbons (Fsp3) is 0.429. The number of sulfonamides is 1. The molecule has 0 saturated heterocycles. The third-order valence-corrected chi connectivity index (χ3v) is 6.65. The normalized spacial score (nSPS) is 16.4. The SMILES string of the molecule is O=S(=O)(NCC1CCC1)c1c(CO)sc2ccccc12. The number of aliphatic hydroxyl groups is 1. The average Bonchev–Trinajstić information content (AvgIpc) is 2.75. The van der Waals surface area contributed by atoms with Crippen LogP contribution in [-0.2, 0) is 16.6 Å². The Morgan fingerprint density at radius 1 is 1.30 bits per heavy atom. The lowest BCUT2D eigenvalue weighted by Crippen LogP contribution is -2.32. The molecule has 1 aromatic heterocycles. The van der Waals surface area contributed by atoms with Crippen molar-refractivity contribution in [2.75, 3.05) is 6.54 Å². The molecule has 0 spiro atoms. The summed E-state index contributed by atoms with van der Waals surface area (Å²) in [6.07, 6.45) is 3.38. The molecule has 2 N–H and O–H groups in total. The standard InChI is InChI=1S/C14H17NO3S2/c16-9-13-14(11-6-1-2-7-12(11)19-13)20(17,18)15-8-10-4-3-5-10/h1-2,6-7,10,15-16H,3-5,8-9H2. The molecule has 1 saturated carbocycles. The van der Waals surface area contributed by atoms with E-state index in [4.69, 9.17) is 0 Å². The van der Waals surface area contributed by atoms with Gasteiger partial charge in [0.15, 0.2) is 0 Å². The lowest BCUT2D eigenvalue weighted by Gasteiger charge is -2.25. The van der Waals surface area contributed by atoms with Gasteiger partial charge in [0, 0.05) is 16.6 Å². The second-order valence-corrected chi connectivity index (χ2v) is 8.00. The second kappa shape index (κ2) is 5.44. The molecule has 6 heteroatoms. The number of nitrogens with one attached hydrogen (secondary N) is 1. The van der Waals surface area contributed by atoms with Crippen LogP contribution in [0.25, 0.3) is 10.1 Å². The minimum absolute atomic E-state index is 0.250. The summed E-state index contributed by atoms with van der Waals surface area (Å²) in [6, 6.07) is 7.37. The van der Waals surface area contributed by atoms with Crippen LogP contribution in [0.1, 0.15) is 24.1 Å². The number of thiophene rings is 1. The van der Waals surface area contributed by atoms with E-state index < -0.39 is 10.0 Å². The molecule has 4 nitrogen and oxygen atoms in total. The van der Waals surface area contributed by atoms with Crippen molar-refractivity contribution in [3.8, 4) is 0 Å². The number of hydrogen-bond donors (Lipinski definition) is 2. The Labute approximate surface area is 122 Å².